The van der Waals surface area contributed by atoms with Crippen LogP contribution in [0.4, 0.5) is 5.69 Å². The highest BCUT2D eigenvalue weighted by Crippen LogP contribution is 2.38. The zero-order chi connectivity index (χ0) is 22.5. The first-order valence-electron chi connectivity index (χ1n) is 11.3. The van der Waals surface area contributed by atoms with Crippen molar-refractivity contribution in [2.45, 2.75) is 57.7 Å². The molecule has 0 spiro atoms. The Hall–Kier alpha value is -2.80. The molecule has 6 nitrogen and oxygen atoms in total. The average molecular weight is 452 g/mol. The number of nitrogens with zero attached hydrogens (tertiary/aromatic N) is 2. The predicted octanol–water partition coefficient (Wildman–Crippen LogP) is 4.83. The van der Waals surface area contributed by atoms with Gasteiger partial charge in [-0.2, -0.15) is 0 Å². The number of rotatable bonds is 4. The lowest BCUT2D eigenvalue weighted by Gasteiger charge is -2.45. The number of carbonyl (C=O) groups excluding carboxylic acids is 2. The molecule has 1 saturated carbocycles. The van der Waals surface area contributed by atoms with Crippen molar-refractivity contribution in [1.82, 2.24) is 9.88 Å². The van der Waals surface area contributed by atoms with Gasteiger partial charge in [0.2, 0.25) is 5.91 Å². The SMILES string of the molecule is COc1cccc(N2C(=O)c3cc4sccc4n3C[C@]2(C)C(=O)N[C@@H]2CCCC[C@@H]2C)c1. The fourth-order valence-electron chi connectivity index (χ4n) is 5.22. The molecule has 0 radical (unpaired) electrons. The second-order valence-electron chi connectivity index (χ2n) is 9.24. The zero-order valence-corrected chi connectivity index (χ0v) is 19.6. The van der Waals surface area contributed by atoms with Gasteiger partial charge in [0.1, 0.15) is 17.0 Å². The van der Waals surface area contributed by atoms with Gasteiger partial charge in [0, 0.05) is 17.8 Å². The number of methoxy groups -OCH3 is 1. The number of carbonyl (C=O) groups is 2. The largest absolute Gasteiger partial charge is 0.497 e. The van der Waals surface area contributed by atoms with Crippen molar-refractivity contribution in [3.05, 3.63) is 47.5 Å². The maximum absolute atomic E-state index is 13.9. The number of aromatic nitrogens is 1. The Kier molecular flexibility index (Phi) is 5.24. The lowest BCUT2D eigenvalue weighted by molar-refractivity contribution is -0.127. The molecule has 0 unspecified atom stereocenters. The molecule has 2 aliphatic rings. The van der Waals surface area contributed by atoms with Gasteiger partial charge in [0.25, 0.3) is 5.91 Å². The van der Waals surface area contributed by atoms with Crippen molar-refractivity contribution in [2.24, 2.45) is 5.92 Å². The van der Waals surface area contributed by atoms with E-state index in [-0.39, 0.29) is 17.9 Å². The summed E-state index contributed by atoms with van der Waals surface area (Å²) in [4.78, 5) is 29.4. The van der Waals surface area contributed by atoms with Crippen LogP contribution in [0.3, 0.4) is 0 Å². The predicted molar refractivity (Wildman–Crippen MR) is 128 cm³/mol. The molecule has 32 heavy (non-hydrogen) atoms. The van der Waals surface area contributed by atoms with E-state index in [1.807, 2.05) is 53.3 Å². The molecule has 1 aliphatic heterocycles. The Morgan fingerprint density at radius 3 is 2.81 bits per heavy atom. The average Bonchev–Trinajstić information content (AvgIpc) is 3.38. The third kappa shape index (κ3) is 3.30. The molecule has 1 N–H and O–H groups in total. The van der Waals surface area contributed by atoms with Crippen molar-refractivity contribution in [3.8, 4) is 5.75 Å². The van der Waals surface area contributed by atoms with E-state index in [1.54, 1.807) is 23.3 Å². The number of anilines is 1. The monoisotopic (exact) mass is 451 g/mol. The number of hydrogen-bond donors (Lipinski definition) is 1. The Morgan fingerprint density at radius 2 is 2.03 bits per heavy atom. The summed E-state index contributed by atoms with van der Waals surface area (Å²) in [6, 6.07) is 11.5. The molecule has 2 aromatic heterocycles. The minimum absolute atomic E-state index is 0.102. The normalized spacial score (nSPS) is 25.6. The van der Waals surface area contributed by atoms with Crippen LogP contribution in [0.25, 0.3) is 10.2 Å². The molecule has 1 fully saturated rings. The number of amides is 2. The Bertz CT molecular complexity index is 1180. The van der Waals surface area contributed by atoms with Crippen LogP contribution in [0.1, 0.15) is 50.0 Å². The summed E-state index contributed by atoms with van der Waals surface area (Å²) in [5.74, 6) is 0.824. The van der Waals surface area contributed by atoms with E-state index in [2.05, 4.69) is 12.2 Å². The van der Waals surface area contributed by atoms with Crippen molar-refractivity contribution in [2.75, 3.05) is 12.0 Å². The van der Waals surface area contributed by atoms with Crippen molar-refractivity contribution >= 4 is 39.1 Å². The van der Waals surface area contributed by atoms with Crippen LogP contribution in [-0.2, 0) is 11.3 Å². The first-order chi connectivity index (χ1) is 15.4. The molecule has 3 aromatic rings. The van der Waals surface area contributed by atoms with Crippen LogP contribution in [0, 0.1) is 5.92 Å². The standard InChI is InChI=1S/C25H29N3O3S/c1-16-7-4-5-10-19(16)26-24(30)25(2)15-27-20-11-12-32-22(20)14-21(27)23(29)28(25)17-8-6-9-18(13-17)31-3/h6,8-9,11-14,16,19H,4-5,7,10,15H2,1-3H3,(H,26,30)/t16-,19+,25+/m0/s1. The Balaban J connectivity index is 1.60. The summed E-state index contributed by atoms with van der Waals surface area (Å²) in [6.45, 7) is 4.49. The Morgan fingerprint density at radius 1 is 1.22 bits per heavy atom. The van der Waals surface area contributed by atoms with Gasteiger partial charge in [-0.25, -0.2) is 0 Å². The molecule has 2 amide bonds. The highest BCUT2D eigenvalue weighted by Gasteiger charge is 2.49. The van der Waals surface area contributed by atoms with Gasteiger partial charge in [-0.1, -0.05) is 25.8 Å². The smallest absolute Gasteiger partial charge is 0.275 e. The molecule has 0 saturated heterocycles. The number of benzene rings is 1. The van der Waals surface area contributed by atoms with Crippen LogP contribution in [-0.4, -0.2) is 35.1 Å². The van der Waals surface area contributed by atoms with Gasteiger partial charge >= 0.3 is 0 Å². The van der Waals surface area contributed by atoms with Gasteiger partial charge in [-0.3, -0.25) is 14.5 Å². The number of nitrogens with one attached hydrogen (secondary N) is 1. The third-order valence-electron chi connectivity index (χ3n) is 7.13. The molecule has 7 heteroatoms. The quantitative estimate of drug-likeness (QED) is 0.618. The first kappa shape index (κ1) is 21.1. The van der Waals surface area contributed by atoms with Gasteiger partial charge < -0.3 is 14.6 Å². The maximum atomic E-state index is 13.9. The molecule has 1 aromatic carbocycles. The molecule has 1 aliphatic carbocycles. The van der Waals surface area contributed by atoms with E-state index < -0.39 is 5.54 Å². The summed E-state index contributed by atoms with van der Waals surface area (Å²) in [5, 5.41) is 5.34. The molecule has 3 atom stereocenters. The second kappa shape index (κ2) is 7.96. The zero-order valence-electron chi connectivity index (χ0n) is 18.8. The van der Waals surface area contributed by atoms with E-state index in [9.17, 15) is 9.59 Å². The molecular formula is C25H29N3O3S. The Labute approximate surface area is 192 Å². The van der Waals surface area contributed by atoms with E-state index in [0.29, 0.717) is 29.6 Å². The van der Waals surface area contributed by atoms with Crippen molar-refractivity contribution < 1.29 is 14.3 Å². The first-order valence-corrected chi connectivity index (χ1v) is 12.2. The highest BCUT2D eigenvalue weighted by atomic mass is 32.1. The molecule has 0 bridgehead atoms. The molecule has 3 heterocycles. The van der Waals surface area contributed by atoms with Gasteiger partial charge in [0.05, 0.1) is 23.9 Å². The minimum Gasteiger partial charge on any atom is -0.497 e. The van der Waals surface area contributed by atoms with Crippen LogP contribution >= 0.6 is 11.3 Å². The van der Waals surface area contributed by atoms with Gasteiger partial charge in [-0.15, -0.1) is 11.3 Å². The van der Waals surface area contributed by atoms with Crippen LogP contribution in [0.2, 0.25) is 0 Å². The van der Waals surface area contributed by atoms with E-state index in [0.717, 1.165) is 29.5 Å². The molecule has 5 rings (SSSR count). The second-order valence-corrected chi connectivity index (χ2v) is 10.2. The van der Waals surface area contributed by atoms with Crippen molar-refractivity contribution in [3.63, 3.8) is 0 Å². The van der Waals surface area contributed by atoms with Gasteiger partial charge in [0.15, 0.2) is 0 Å². The maximum Gasteiger partial charge on any atom is 0.275 e. The van der Waals surface area contributed by atoms with Crippen LogP contribution in [0.15, 0.2) is 41.8 Å². The summed E-state index contributed by atoms with van der Waals surface area (Å²) >= 11 is 1.61. The van der Waals surface area contributed by atoms with Crippen LogP contribution < -0.4 is 15.0 Å². The fourth-order valence-corrected chi connectivity index (χ4v) is 6.04. The number of thiophene rings is 1. The van der Waals surface area contributed by atoms with Crippen molar-refractivity contribution in [1.29, 1.82) is 0 Å². The fraction of sp³-hybridized carbons (Fsp3) is 0.440. The summed E-state index contributed by atoms with van der Waals surface area (Å²) in [5.41, 5.74) is 1.22. The van der Waals surface area contributed by atoms with Gasteiger partial charge in [-0.05, 0) is 55.3 Å². The molecule has 168 valence electrons. The highest BCUT2D eigenvalue weighted by molar-refractivity contribution is 7.17. The summed E-state index contributed by atoms with van der Waals surface area (Å²) in [6.07, 6.45) is 4.45. The van der Waals surface area contributed by atoms with E-state index >= 15 is 0 Å². The van der Waals surface area contributed by atoms with E-state index in [4.69, 9.17) is 4.74 Å². The summed E-state index contributed by atoms with van der Waals surface area (Å²) < 4.78 is 8.48. The topological polar surface area (TPSA) is 63.6 Å². The number of hydrogen-bond acceptors (Lipinski definition) is 4. The minimum atomic E-state index is -1.07. The third-order valence-corrected chi connectivity index (χ3v) is 7.99. The number of ether oxygens (including phenoxy) is 1. The number of fused-ring (bicyclic) bond motifs is 3. The van der Waals surface area contributed by atoms with E-state index in [1.165, 1.54) is 6.42 Å². The van der Waals surface area contributed by atoms with Crippen LogP contribution in [0.5, 0.6) is 5.75 Å². The lowest BCUT2D eigenvalue weighted by atomic mass is 9.84. The lowest BCUT2D eigenvalue weighted by Crippen LogP contribution is -2.65. The molecular weight excluding hydrogens is 422 g/mol. The summed E-state index contributed by atoms with van der Waals surface area (Å²) in [7, 11) is 1.60.